The fraction of sp³-hybridized carbons (Fsp3) is 0.700. The molecule has 0 aromatic carbocycles. The highest BCUT2D eigenvalue weighted by Gasteiger charge is 2.22. The molecule has 1 unspecified atom stereocenters. The molecule has 2 heterocycles. The first-order chi connectivity index (χ1) is 6.66. The van der Waals surface area contributed by atoms with Gasteiger partial charge in [-0.05, 0) is 20.9 Å². The molecule has 1 fully saturated rings. The second-order valence-corrected chi connectivity index (χ2v) is 5.35. The van der Waals surface area contributed by atoms with Crippen LogP contribution in [-0.2, 0) is 0 Å². The standard InChI is InChI=1S/C10H17N3S/c1-7-10(12-8(2)14-7)9-6-13(3)5-4-11-9/h9,11H,4-6H2,1-3H3. The summed E-state index contributed by atoms with van der Waals surface area (Å²) < 4.78 is 0. The molecular formula is C10H17N3S. The van der Waals surface area contributed by atoms with E-state index in [1.54, 1.807) is 11.3 Å². The zero-order valence-corrected chi connectivity index (χ0v) is 9.82. The number of hydrogen-bond donors (Lipinski definition) is 1. The van der Waals surface area contributed by atoms with E-state index < -0.39 is 0 Å². The number of rotatable bonds is 1. The van der Waals surface area contributed by atoms with Crippen LogP contribution < -0.4 is 5.32 Å². The summed E-state index contributed by atoms with van der Waals surface area (Å²) in [5, 5.41) is 4.70. The highest BCUT2D eigenvalue weighted by molar-refractivity contribution is 7.11. The molecule has 1 aliphatic heterocycles. The summed E-state index contributed by atoms with van der Waals surface area (Å²) in [6.45, 7) is 7.52. The molecule has 0 spiro atoms. The van der Waals surface area contributed by atoms with E-state index in [9.17, 15) is 0 Å². The van der Waals surface area contributed by atoms with Gasteiger partial charge < -0.3 is 10.2 Å². The van der Waals surface area contributed by atoms with Crippen LogP contribution in [0.2, 0.25) is 0 Å². The summed E-state index contributed by atoms with van der Waals surface area (Å²) >= 11 is 1.79. The lowest BCUT2D eigenvalue weighted by molar-refractivity contribution is 0.238. The third kappa shape index (κ3) is 1.97. The second kappa shape index (κ2) is 3.96. The van der Waals surface area contributed by atoms with Crippen LogP contribution in [0.25, 0.3) is 0 Å². The van der Waals surface area contributed by atoms with Crippen LogP contribution in [0.5, 0.6) is 0 Å². The smallest absolute Gasteiger partial charge is 0.0900 e. The Balaban J connectivity index is 2.17. The van der Waals surface area contributed by atoms with Crippen molar-refractivity contribution in [2.24, 2.45) is 0 Å². The Morgan fingerprint density at radius 2 is 2.29 bits per heavy atom. The zero-order valence-electron chi connectivity index (χ0n) is 9.00. The van der Waals surface area contributed by atoms with E-state index >= 15 is 0 Å². The molecule has 0 amide bonds. The third-order valence-corrected chi connectivity index (χ3v) is 3.55. The van der Waals surface area contributed by atoms with Crippen molar-refractivity contribution < 1.29 is 0 Å². The number of nitrogens with zero attached hydrogens (tertiary/aromatic N) is 2. The van der Waals surface area contributed by atoms with Crippen molar-refractivity contribution in [1.29, 1.82) is 0 Å². The van der Waals surface area contributed by atoms with Gasteiger partial charge >= 0.3 is 0 Å². The zero-order chi connectivity index (χ0) is 10.1. The van der Waals surface area contributed by atoms with E-state index in [0.717, 1.165) is 19.6 Å². The minimum absolute atomic E-state index is 0.429. The summed E-state index contributed by atoms with van der Waals surface area (Å²) in [6, 6.07) is 0.429. The lowest BCUT2D eigenvalue weighted by Gasteiger charge is -2.30. The number of aromatic nitrogens is 1. The fourth-order valence-electron chi connectivity index (χ4n) is 1.95. The Kier molecular flexibility index (Phi) is 2.85. The number of aryl methyl sites for hydroxylation is 2. The van der Waals surface area contributed by atoms with Crippen molar-refractivity contribution in [3.63, 3.8) is 0 Å². The van der Waals surface area contributed by atoms with Gasteiger partial charge in [-0.2, -0.15) is 0 Å². The molecule has 78 valence electrons. The Bertz CT molecular complexity index is 321. The Morgan fingerprint density at radius 3 is 2.86 bits per heavy atom. The number of thiazole rings is 1. The monoisotopic (exact) mass is 211 g/mol. The fourth-order valence-corrected chi connectivity index (χ4v) is 2.83. The topological polar surface area (TPSA) is 28.2 Å². The van der Waals surface area contributed by atoms with E-state index in [2.05, 4.69) is 36.1 Å². The molecule has 3 nitrogen and oxygen atoms in total. The van der Waals surface area contributed by atoms with Gasteiger partial charge in [0, 0.05) is 24.5 Å². The van der Waals surface area contributed by atoms with Crippen LogP contribution in [0.3, 0.4) is 0 Å². The lowest BCUT2D eigenvalue weighted by Crippen LogP contribution is -2.44. The van der Waals surface area contributed by atoms with E-state index in [4.69, 9.17) is 0 Å². The lowest BCUT2D eigenvalue weighted by atomic mass is 10.1. The van der Waals surface area contributed by atoms with Crippen molar-refractivity contribution >= 4 is 11.3 Å². The molecule has 4 heteroatoms. The van der Waals surface area contributed by atoms with Crippen LogP contribution >= 0.6 is 11.3 Å². The van der Waals surface area contributed by atoms with Gasteiger partial charge in [-0.25, -0.2) is 4.98 Å². The minimum atomic E-state index is 0.429. The molecule has 14 heavy (non-hydrogen) atoms. The maximum absolute atomic E-state index is 4.60. The molecule has 1 aliphatic rings. The molecule has 0 saturated carbocycles. The second-order valence-electron chi connectivity index (χ2n) is 3.94. The maximum Gasteiger partial charge on any atom is 0.0900 e. The third-order valence-electron chi connectivity index (χ3n) is 2.65. The number of nitrogens with one attached hydrogen (secondary N) is 1. The maximum atomic E-state index is 4.60. The van der Waals surface area contributed by atoms with Gasteiger partial charge in [0.2, 0.25) is 0 Å². The minimum Gasteiger partial charge on any atom is -0.306 e. The average Bonchev–Trinajstić information content (AvgIpc) is 2.45. The van der Waals surface area contributed by atoms with Crippen molar-refractivity contribution in [1.82, 2.24) is 15.2 Å². The van der Waals surface area contributed by atoms with Crippen LogP contribution in [0, 0.1) is 13.8 Å². The van der Waals surface area contributed by atoms with Crippen molar-refractivity contribution in [2.45, 2.75) is 19.9 Å². The predicted octanol–water partition coefficient (Wildman–Crippen LogP) is 1.34. The molecule has 1 atom stereocenters. The normalized spacial score (nSPS) is 24.1. The number of hydrogen-bond acceptors (Lipinski definition) is 4. The van der Waals surface area contributed by atoms with Crippen LogP contribution in [0.4, 0.5) is 0 Å². The Morgan fingerprint density at radius 1 is 1.50 bits per heavy atom. The van der Waals surface area contributed by atoms with E-state index in [0.29, 0.717) is 6.04 Å². The molecule has 1 aromatic rings. The van der Waals surface area contributed by atoms with Gasteiger partial charge in [0.1, 0.15) is 0 Å². The van der Waals surface area contributed by atoms with Crippen molar-refractivity contribution in [3.05, 3.63) is 15.6 Å². The summed E-state index contributed by atoms with van der Waals surface area (Å²) in [5.74, 6) is 0. The van der Waals surface area contributed by atoms with E-state index in [-0.39, 0.29) is 0 Å². The first-order valence-corrected chi connectivity index (χ1v) is 5.84. The first-order valence-electron chi connectivity index (χ1n) is 5.02. The van der Waals surface area contributed by atoms with Crippen molar-refractivity contribution in [2.75, 3.05) is 26.7 Å². The molecule has 1 aromatic heterocycles. The Hall–Kier alpha value is -0.450. The number of likely N-dealkylation sites (N-methyl/N-ethyl adjacent to an activating group) is 1. The SMILES string of the molecule is Cc1nc(C2CN(C)CCN2)c(C)s1. The van der Waals surface area contributed by atoms with Gasteiger partial charge in [0.25, 0.3) is 0 Å². The summed E-state index contributed by atoms with van der Waals surface area (Å²) in [6.07, 6.45) is 0. The molecule has 2 rings (SSSR count). The van der Waals surface area contributed by atoms with Gasteiger partial charge in [-0.1, -0.05) is 0 Å². The number of piperazine rings is 1. The molecular weight excluding hydrogens is 194 g/mol. The summed E-state index contributed by atoms with van der Waals surface area (Å²) in [7, 11) is 2.17. The predicted molar refractivity (Wildman–Crippen MR) is 59.8 cm³/mol. The van der Waals surface area contributed by atoms with Crippen LogP contribution in [0.1, 0.15) is 21.6 Å². The average molecular weight is 211 g/mol. The largest absolute Gasteiger partial charge is 0.306 e. The highest BCUT2D eigenvalue weighted by atomic mass is 32.1. The summed E-state index contributed by atoms with van der Waals surface area (Å²) in [5.41, 5.74) is 1.25. The van der Waals surface area contributed by atoms with Gasteiger partial charge in [0.05, 0.1) is 16.7 Å². The molecule has 0 aliphatic carbocycles. The van der Waals surface area contributed by atoms with Crippen LogP contribution in [-0.4, -0.2) is 36.6 Å². The Labute approximate surface area is 89.1 Å². The van der Waals surface area contributed by atoms with Crippen molar-refractivity contribution in [3.8, 4) is 0 Å². The van der Waals surface area contributed by atoms with Gasteiger partial charge in [-0.15, -0.1) is 11.3 Å². The molecule has 1 N–H and O–H groups in total. The van der Waals surface area contributed by atoms with Gasteiger partial charge in [-0.3, -0.25) is 0 Å². The molecule has 0 bridgehead atoms. The molecule has 1 saturated heterocycles. The highest BCUT2D eigenvalue weighted by Crippen LogP contribution is 2.24. The first kappa shape index (κ1) is 10.1. The molecule has 0 radical (unpaired) electrons. The summed E-state index contributed by atoms with van der Waals surface area (Å²) in [4.78, 5) is 8.31. The van der Waals surface area contributed by atoms with Crippen LogP contribution in [0.15, 0.2) is 0 Å². The van der Waals surface area contributed by atoms with Gasteiger partial charge in [0.15, 0.2) is 0 Å². The van der Waals surface area contributed by atoms with E-state index in [1.165, 1.54) is 15.6 Å². The van der Waals surface area contributed by atoms with E-state index in [1.807, 2.05) is 0 Å². The quantitative estimate of drug-likeness (QED) is 0.760.